The van der Waals surface area contributed by atoms with Crippen LogP contribution in [0.25, 0.3) is 0 Å². The molecule has 0 spiro atoms. The van der Waals surface area contributed by atoms with Crippen LogP contribution < -0.4 is 16.0 Å². The van der Waals surface area contributed by atoms with Gasteiger partial charge < -0.3 is 25.4 Å². The van der Waals surface area contributed by atoms with Gasteiger partial charge in [-0.15, -0.1) is 0 Å². The maximum Gasteiger partial charge on any atom is 0.408 e. The Balaban J connectivity index is 2.39. The first-order chi connectivity index (χ1) is 10.7. The van der Waals surface area contributed by atoms with Crippen LogP contribution in [0.5, 0.6) is 0 Å². The SMILES string of the molecule is CNCCNC[C@H](NC(=O)OCc1ccccc1)C(=O)OC. The molecule has 0 aliphatic heterocycles. The molecule has 122 valence electrons. The Kier molecular flexibility index (Phi) is 8.63. The van der Waals surface area contributed by atoms with Crippen LogP contribution >= 0.6 is 0 Å². The Morgan fingerprint density at radius 1 is 1.18 bits per heavy atom. The van der Waals surface area contributed by atoms with Crippen LogP contribution in [0, 0.1) is 0 Å². The molecule has 0 saturated heterocycles. The quantitative estimate of drug-likeness (QED) is 0.448. The summed E-state index contributed by atoms with van der Waals surface area (Å²) in [5.74, 6) is -0.520. The molecule has 7 nitrogen and oxygen atoms in total. The number of benzene rings is 1. The Labute approximate surface area is 130 Å². The lowest BCUT2D eigenvalue weighted by Crippen LogP contribution is -2.48. The predicted octanol–water partition coefficient (Wildman–Crippen LogP) is 0.263. The summed E-state index contributed by atoms with van der Waals surface area (Å²) < 4.78 is 9.75. The fraction of sp³-hybridized carbons (Fsp3) is 0.467. The van der Waals surface area contributed by atoms with Gasteiger partial charge in [-0.2, -0.15) is 0 Å². The number of carbonyl (C=O) groups is 2. The zero-order valence-electron chi connectivity index (χ0n) is 12.9. The van der Waals surface area contributed by atoms with E-state index in [0.717, 1.165) is 12.1 Å². The summed E-state index contributed by atoms with van der Waals surface area (Å²) in [7, 11) is 3.11. The summed E-state index contributed by atoms with van der Waals surface area (Å²) in [4.78, 5) is 23.4. The zero-order valence-corrected chi connectivity index (χ0v) is 12.9. The summed E-state index contributed by atoms with van der Waals surface area (Å²) in [6.07, 6.45) is -0.658. The highest BCUT2D eigenvalue weighted by Crippen LogP contribution is 2.00. The first-order valence-electron chi connectivity index (χ1n) is 7.07. The van der Waals surface area contributed by atoms with Gasteiger partial charge in [0.1, 0.15) is 12.6 Å². The van der Waals surface area contributed by atoms with Crippen molar-refractivity contribution in [2.24, 2.45) is 0 Å². The van der Waals surface area contributed by atoms with Crippen LogP contribution in [-0.4, -0.2) is 51.9 Å². The molecule has 0 fully saturated rings. The molecule has 1 amide bonds. The molecule has 0 radical (unpaired) electrons. The number of rotatable bonds is 9. The third kappa shape index (κ3) is 7.05. The minimum absolute atomic E-state index is 0.147. The monoisotopic (exact) mass is 309 g/mol. The molecule has 0 saturated carbocycles. The molecular weight excluding hydrogens is 286 g/mol. The molecule has 1 aromatic carbocycles. The molecule has 1 rings (SSSR count). The van der Waals surface area contributed by atoms with Gasteiger partial charge in [-0.3, -0.25) is 0 Å². The van der Waals surface area contributed by atoms with Gasteiger partial charge in [0, 0.05) is 19.6 Å². The van der Waals surface area contributed by atoms with Crippen molar-refractivity contribution in [3.8, 4) is 0 Å². The van der Waals surface area contributed by atoms with Crippen molar-refractivity contribution in [1.29, 1.82) is 0 Å². The van der Waals surface area contributed by atoms with Gasteiger partial charge in [-0.05, 0) is 12.6 Å². The van der Waals surface area contributed by atoms with E-state index >= 15 is 0 Å². The summed E-state index contributed by atoms with van der Waals surface area (Å²) in [5, 5.41) is 8.52. The van der Waals surface area contributed by atoms with Gasteiger partial charge >= 0.3 is 12.1 Å². The highest BCUT2D eigenvalue weighted by atomic mass is 16.6. The van der Waals surface area contributed by atoms with Gasteiger partial charge in [0.2, 0.25) is 0 Å². The number of carbonyl (C=O) groups excluding carboxylic acids is 2. The predicted molar refractivity (Wildman–Crippen MR) is 82.4 cm³/mol. The molecule has 0 aliphatic carbocycles. The standard InChI is InChI=1S/C15H23N3O4/c1-16-8-9-17-10-13(14(19)21-2)18-15(20)22-11-12-6-4-3-5-7-12/h3-7,13,16-17H,8-11H2,1-2H3,(H,18,20)/t13-/m0/s1. The fourth-order valence-electron chi connectivity index (χ4n) is 1.70. The average Bonchev–Trinajstić information content (AvgIpc) is 2.56. The molecule has 3 N–H and O–H groups in total. The molecule has 0 heterocycles. The highest BCUT2D eigenvalue weighted by molar-refractivity contribution is 5.81. The van der Waals surface area contributed by atoms with Crippen molar-refractivity contribution in [2.45, 2.75) is 12.6 Å². The summed E-state index contributed by atoms with van der Waals surface area (Å²) in [6, 6.07) is 8.52. The molecule has 22 heavy (non-hydrogen) atoms. The lowest BCUT2D eigenvalue weighted by Gasteiger charge is -2.17. The molecule has 7 heteroatoms. The number of hydrogen-bond acceptors (Lipinski definition) is 6. The minimum atomic E-state index is -0.787. The van der Waals surface area contributed by atoms with E-state index in [1.807, 2.05) is 37.4 Å². The molecule has 0 bridgehead atoms. The average molecular weight is 309 g/mol. The van der Waals surface area contributed by atoms with Crippen molar-refractivity contribution in [2.75, 3.05) is 33.8 Å². The summed E-state index contributed by atoms with van der Waals surface area (Å²) in [6.45, 7) is 1.85. The maximum absolute atomic E-state index is 11.8. The second-order valence-corrected chi connectivity index (χ2v) is 4.59. The van der Waals surface area contributed by atoms with Crippen molar-refractivity contribution >= 4 is 12.1 Å². The second kappa shape index (κ2) is 10.6. The van der Waals surface area contributed by atoms with E-state index in [-0.39, 0.29) is 13.2 Å². The summed E-state index contributed by atoms with van der Waals surface area (Å²) >= 11 is 0. The fourth-order valence-corrected chi connectivity index (χ4v) is 1.70. The van der Waals surface area contributed by atoms with Crippen LogP contribution in [0.4, 0.5) is 4.79 Å². The number of esters is 1. The van der Waals surface area contributed by atoms with Crippen LogP contribution in [0.1, 0.15) is 5.56 Å². The van der Waals surface area contributed by atoms with E-state index in [0.29, 0.717) is 6.54 Å². The molecule has 0 aromatic heterocycles. The van der Waals surface area contributed by atoms with E-state index in [9.17, 15) is 9.59 Å². The first kappa shape index (κ1) is 17.9. The van der Waals surface area contributed by atoms with Crippen LogP contribution in [0.15, 0.2) is 30.3 Å². The molecular formula is C15H23N3O4. The second-order valence-electron chi connectivity index (χ2n) is 4.59. The van der Waals surface area contributed by atoms with Crippen molar-refractivity contribution < 1.29 is 19.1 Å². The van der Waals surface area contributed by atoms with Gasteiger partial charge in [0.25, 0.3) is 0 Å². The molecule has 0 aliphatic rings. The number of amides is 1. The van der Waals surface area contributed by atoms with E-state index in [1.54, 1.807) is 0 Å². The van der Waals surface area contributed by atoms with Gasteiger partial charge in [-0.1, -0.05) is 30.3 Å². The number of likely N-dealkylation sites (N-methyl/N-ethyl adjacent to an activating group) is 1. The smallest absolute Gasteiger partial charge is 0.408 e. The zero-order chi connectivity index (χ0) is 16.2. The van der Waals surface area contributed by atoms with E-state index in [4.69, 9.17) is 4.74 Å². The number of ether oxygens (including phenoxy) is 2. The number of alkyl carbamates (subject to hydrolysis) is 1. The van der Waals surface area contributed by atoms with Crippen molar-refractivity contribution in [3.05, 3.63) is 35.9 Å². The molecule has 1 aromatic rings. The largest absolute Gasteiger partial charge is 0.467 e. The van der Waals surface area contributed by atoms with E-state index in [1.165, 1.54) is 7.11 Å². The Morgan fingerprint density at radius 3 is 2.55 bits per heavy atom. The Hall–Kier alpha value is -2.12. The van der Waals surface area contributed by atoms with Crippen LogP contribution in [0.3, 0.4) is 0 Å². The number of hydrogen-bond donors (Lipinski definition) is 3. The molecule has 1 atom stereocenters. The van der Waals surface area contributed by atoms with Crippen LogP contribution in [0.2, 0.25) is 0 Å². The highest BCUT2D eigenvalue weighted by Gasteiger charge is 2.21. The lowest BCUT2D eigenvalue weighted by atomic mass is 10.2. The third-order valence-corrected chi connectivity index (χ3v) is 2.89. The van der Waals surface area contributed by atoms with E-state index in [2.05, 4.69) is 20.7 Å². The number of methoxy groups -OCH3 is 1. The maximum atomic E-state index is 11.8. The lowest BCUT2D eigenvalue weighted by molar-refractivity contribution is -0.142. The van der Waals surface area contributed by atoms with Crippen molar-refractivity contribution in [1.82, 2.24) is 16.0 Å². The van der Waals surface area contributed by atoms with E-state index < -0.39 is 18.1 Å². The van der Waals surface area contributed by atoms with Gasteiger partial charge in [-0.25, -0.2) is 9.59 Å². The summed E-state index contributed by atoms with van der Waals surface area (Å²) in [5.41, 5.74) is 0.874. The first-order valence-corrected chi connectivity index (χ1v) is 7.07. The number of nitrogens with one attached hydrogen (secondary N) is 3. The Morgan fingerprint density at radius 2 is 1.91 bits per heavy atom. The topological polar surface area (TPSA) is 88.7 Å². The third-order valence-electron chi connectivity index (χ3n) is 2.89. The Bertz CT molecular complexity index is 453. The van der Waals surface area contributed by atoms with Crippen molar-refractivity contribution in [3.63, 3.8) is 0 Å². The minimum Gasteiger partial charge on any atom is -0.467 e. The van der Waals surface area contributed by atoms with Gasteiger partial charge in [0.15, 0.2) is 0 Å². The van der Waals surface area contributed by atoms with Crippen LogP contribution in [-0.2, 0) is 20.9 Å². The normalized spacial score (nSPS) is 11.5. The van der Waals surface area contributed by atoms with Gasteiger partial charge in [0.05, 0.1) is 7.11 Å². The molecule has 0 unspecified atom stereocenters.